The van der Waals surface area contributed by atoms with Gasteiger partial charge in [0.15, 0.2) is 0 Å². The van der Waals surface area contributed by atoms with E-state index in [1.165, 1.54) is 0 Å². The van der Waals surface area contributed by atoms with Gasteiger partial charge in [0.25, 0.3) is 0 Å². The Morgan fingerprint density at radius 3 is 2.07 bits per heavy atom. The van der Waals surface area contributed by atoms with Gasteiger partial charge in [0.05, 0.1) is 0 Å². The fraction of sp³-hybridized carbons (Fsp3) is 1.00. The van der Waals surface area contributed by atoms with Crippen molar-refractivity contribution in [2.45, 2.75) is 64.7 Å². The molecule has 2 fully saturated rings. The van der Waals surface area contributed by atoms with Crippen molar-refractivity contribution < 1.29 is 0 Å². The Balaban J connectivity index is 1.98. The maximum absolute atomic E-state index is 2.53. The summed E-state index contributed by atoms with van der Waals surface area (Å²) in [7, 11) is 0. The van der Waals surface area contributed by atoms with E-state index in [9.17, 15) is 0 Å². The Morgan fingerprint density at radius 1 is 0.933 bits per heavy atom. The van der Waals surface area contributed by atoms with Crippen molar-refractivity contribution in [1.82, 2.24) is 0 Å². The van der Waals surface area contributed by atoms with Crippen LogP contribution in [0.15, 0.2) is 0 Å². The quantitative estimate of drug-likeness (QED) is 0.556. The summed E-state index contributed by atoms with van der Waals surface area (Å²) in [4.78, 5) is 0. The summed E-state index contributed by atoms with van der Waals surface area (Å²) in [5.41, 5.74) is 0.689. The molecule has 1 heteroatoms. The van der Waals surface area contributed by atoms with Gasteiger partial charge in [-0.25, -0.2) is 0 Å². The van der Waals surface area contributed by atoms with Gasteiger partial charge in [-0.05, 0) is 0 Å². The molecule has 2 rings (SSSR count). The summed E-state index contributed by atoms with van der Waals surface area (Å²) in [6.07, 6.45) is 4.70. The predicted octanol–water partition coefficient (Wildman–Crippen LogP) is 4.93. The monoisotopic (exact) mass is 316 g/mol. The molecule has 0 radical (unpaired) electrons. The Bertz CT molecular complexity index is 221. The van der Waals surface area contributed by atoms with Gasteiger partial charge in [-0.15, -0.1) is 0 Å². The Kier molecular flexibility index (Phi) is 3.46. The normalized spacial score (nSPS) is 39.2. The molecule has 0 nitrogen and oxygen atoms in total. The van der Waals surface area contributed by atoms with Gasteiger partial charge >= 0.3 is 100 Å². The third-order valence-electron chi connectivity index (χ3n) is 5.52. The molecule has 0 saturated carbocycles. The number of hydrogen-bond donors (Lipinski definition) is 0. The first-order valence-electron chi connectivity index (χ1n) is 6.93. The maximum atomic E-state index is 2.53. The van der Waals surface area contributed by atoms with Crippen LogP contribution in [0.5, 0.6) is 0 Å². The SMILES string of the molecule is CC1C[CH2][Sn]2([CH2]CC(C)(C)C[CH2]2)[CH2]C1C. The molecular weight excluding hydrogens is 287 g/mol. The number of rotatable bonds is 0. The molecule has 2 saturated heterocycles. The van der Waals surface area contributed by atoms with Gasteiger partial charge in [0.2, 0.25) is 0 Å². The first-order chi connectivity index (χ1) is 6.93. The van der Waals surface area contributed by atoms with Crippen LogP contribution >= 0.6 is 0 Å². The third kappa shape index (κ3) is 2.73. The standard InChI is InChI=1S/2C7H14.Sn/c1-5-7(3,4)6-2;1-5-7(4)6(2)3;/h1-2,5-6H2,3-4H3;6-7H,1-2,5H2,3-4H3;. The fourth-order valence-electron chi connectivity index (χ4n) is 3.72. The van der Waals surface area contributed by atoms with E-state index in [1.807, 2.05) is 0 Å². The average Bonchev–Trinajstić information content (AvgIpc) is 2.18. The molecule has 2 unspecified atom stereocenters. The van der Waals surface area contributed by atoms with Crippen molar-refractivity contribution in [1.29, 1.82) is 0 Å². The van der Waals surface area contributed by atoms with E-state index in [1.54, 1.807) is 37.0 Å². The van der Waals surface area contributed by atoms with Crippen LogP contribution in [0.2, 0.25) is 17.7 Å². The molecule has 0 aromatic carbocycles. The first-order valence-corrected chi connectivity index (χ1v) is 15.0. The summed E-state index contributed by atoms with van der Waals surface area (Å²) in [5.74, 6) is 2.10. The molecule has 0 aliphatic carbocycles. The van der Waals surface area contributed by atoms with Crippen LogP contribution < -0.4 is 0 Å². The second-order valence-corrected chi connectivity index (χ2v) is 21.4. The zero-order valence-corrected chi connectivity index (χ0v) is 14.0. The Morgan fingerprint density at radius 2 is 1.53 bits per heavy atom. The van der Waals surface area contributed by atoms with Crippen molar-refractivity contribution >= 4 is 18.4 Å². The van der Waals surface area contributed by atoms with Gasteiger partial charge in [-0.3, -0.25) is 0 Å². The summed E-state index contributed by atoms with van der Waals surface area (Å²) in [6.45, 7) is 9.99. The van der Waals surface area contributed by atoms with Crippen LogP contribution in [0.3, 0.4) is 0 Å². The van der Waals surface area contributed by atoms with Crippen molar-refractivity contribution in [3.63, 3.8) is 0 Å². The molecule has 2 atom stereocenters. The molecule has 2 aliphatic rings. The van der Waals surface area contributed by atoms with E-state index >= 15 is 0 Å². The van der Waals surface area contributed by atoms with E-state index in [4.69, 9.17) is 0 Å². The molecule has 15 heavy (non-hydrogen) atoms. The van der Waals surface area contributed by atoms with Crippen molar-refractivity contribution in [3.05, 3.63) is 0 Å². The topological polar surface area (TPSA) is 0 Å². The van der Waals surface area contributed by atoms with Crippen molar-refractivity contribution in [3.8, 4) is 0 Å². The Labute approximate surface area is 100 Å². The molecule has 0 N–H and O–H groups in total. The predicted molar refractivity (Wildman–Crippen MR) is 70.9 cm³/mol. The zero-order chi connectivity index (χ0) is 11.1. The van der Waals surface area contributed by atoms with Gasteiger partial charge in [0, 0.05) is 0 Å². The third-order valence-corrected chi connectivity index (χ3v) is 21.2. The van der Waals surface area contributed by atoms with Crippen LogP contribution in [0.25, 0.3) is 0 Å². The van der Waals surface area contributed by atoms with E-state index in [0.717, 1.165) is 11.8 Å². The molecule has 2 heterocycles. The van der Waals surface area contributed by atoms with Gasteiger partial charge in [-0.2, -0.15) is 0 Å². The summed E-state index contributed by atoms with van der Waals surface area (Å²) in [5, 5.41) is 0. The van der Waals surface area contributed by atoms with E-state index in [0.29, 0.717) is 5.41 Å². The van der Waals surface area contributed by atoms with Gasteiger partial charge in [-0.1, -0.05) is 0 Å². The second kappa shape index (κ2) is 4.23. The number of hydrogen-bond acceptors (Lipinski definition) is 0. The van der Waals surface area contributed by atoms with E-state index < -0.39 is 18.4 Å². The summed E-state index contributed by atoms with van der Waals surface area (Å²) in [6, 6.07) is 0. The first kappa shape index (κ1) is 12.3. The summed E-state index contributed by atoms with van der Waals surface area (Å²) >= 11 is -1.55. The fourth-order valence-corrected chi connectivity index (χ4v) is 22.6. The van der Waals surface area contributed by atoms with Crippen LogP contribution in [-0.4, -0.2) is 18.4 Å². The zero-order valence-electron chi connectivity index (χ0n) is 11.1. The average molecular weight is 315 g/mol. The van der Waals surface area contributed by atoms with Gasteiger partial charge < -0.3 is 0 Å². The van der Waals surface area contributed by atoms with Crippen LogP contribution in [0.1, 0.15) is 47.0 Å². The minimum atomic E-state index is -1.55. The van der Waals surface area contributed by atoms with Crippen LogP contribution in [-0.2, 0) is 0 Å². The molecule has 0 bridgehead atoms. The molecule has 0 amide bonds. The van der Waals surface area contributed by atoms with Crippen molar-refractivity contribution in [2.75, 3.05) is 0 Å². The van der Waals surface area contributed by atoms with Crippen LogP contribution in [0, 0.1) is 17.3 Å². The summed E-state index contributed by atoms with van der Waals surface area (Å²) < 4.78 is 6.90. The van der Waals surface area contributed by atoms with Crippen molar-refractivity contribution in [2.24, 2.45) is 17.3 Å². The van der Waals surface area contributed by atoms with Crippen LogP contribution in [0.4, 0.5) is 0 Å². The molecule has 0 aromatic heterocycles. The van der Waals surface area contributed by atoms with Gasteiger partial charge in [0.1, 0.15) is 0 Å². The molecule has 88 valence electrons. The molecule has 1 spiro atoms. The second-order valence-electron chi connectivity index (χ2n) is 7.36. The molecule has 0 aromatic rings. The minimum absolute atomic E-state index is 0.689. The molecule has 2 aliphatic heterocycles. The molecular formula is C14H28Sn. The van der Waals surface area contributed by atoms with E-state index in [-0.39, 0.29) is 0 Å². The Hall–Kier alpha value is 0.799. The van der Waals surface area contributed by atoms with E-state index in [2.05, 4.69) is 27.7 Å².